The lowest BCUT2D eigenvalue weighted by atomic mass is 10.2. The summed E-state index contributed by atoms with van der Waals surface area (Å²) in [6.07, 6.45) is 4.20. The number of morpholine rings is 1. The minimum atomic E-state index is -0.00531. The number of ether oxygens (including phenoxy) is 1. The van der Waals surface area contributed by atoms with Crippen molar-refractivity contribution in [3.8, 4) is 0 Å². The highest BCUT2D eigenvalue weighted by molar-refractivity contribution is 7.11. The van der Waals surface area contributed by atoms with E-state index in [1.807, 2.05) is 11.4 Å². The molecule has 1 saturated heterocycles. The second-order valence-electron chi connectivity index (χ2n) is 4.70. The van der Waals surface area contributed by atoms with Crippen molar-refractivity contribution in [2.75, 3.05) is 26.2 Å². The first-order valence-electron chi connectivity index (χ1n) is 6.70. The lowest BCUT2D eigenvalue weighted by Gasteiger charge is -2.32. The van der Waals surface area contributed by atoms with E-state index in [4.69, 9.17) is 15.6 Å². The third-order valence-corrected chi connectivity index (χ3v) is 4.13. The molecule has 2 heterocycles. The van der Waals surface area contributed by atoms with Gasteiger partial charge in [-0.05, 0) is 36.1 Å². The van der Waals surface area contributed by atoms with Gasteiger partial charge in [0.2, 0.25) is 5.91 Å². The van der Waals surface area contributed by atoms with Gasteiger partial charge >= 0.3 is 0 Å². The highest BCUT2D eigenvalue weighted by atomic mass is 35.5. The Hall–Kier alpha value is -0.920. The summed E-state index contributed by atoms with van der Waals surface area (Å²) >= 11 is 1.51. The van der Waals surface area contributed by atoms with E-state index in [0.29, 0.717) is 26.2 Å². The average molecular weight is 333 g/mol. The van der Waals surface area contributed by atoms with Crippen molar-refractivity contribution in [1.82, 2.24) is 4.90 Å². The summed E-state index contributed by atoms with van der Waals surface area (Å²) in [4.78, 5) is 14.9. The molecule has 0 radical (unpaired) electrons. The molecule has 1 unspecified atom stereocenters. The molecular formula is C14H21ClN2O3S. The number of aliphatic hydroxyl groups excluding tert-OH is 1. The summed E-state index contributed by atoms with van der Waals surface area (Å²) in [5, 5.41) is 10.9. The van der Waals surface area contributed by atoms with Gasteiger partial charge in [0.1, 0.15) is 0 Å². The number of carbonyl (C=O) groups is 1. The van der Waals surface area contributed by atoms with Crippen LogP contribution < -0.4 is 5.73 Å². The Kier molecular flexibility index (Phi) is 7.92. The van der Waals surface area contributed by atoms with Gasteiger partial charge < -0.3 is 20.5 Å². The van der Waals surface area contributed by atoms with Crippen LogP contribution in [0.4, 0.5) is 0 Å². The fourth-order valence-electron chi connectivity index (χ4n) is 2.10. The number of hydrogen-bond acceptors (Lipinski definition) is 5. The number of halogens is 1. The normalized spacial score (nSPS) is 18.8. The minimum absolute atomic E-state index is 0. The first-order chi connectivity index (χ1) is 9.72. The molecule has 0 aromatic carbocycles. The number of rotatable bonds is 5. The van der Waals surface area contributed by atoms with E-state index in [9.17, 15) is 4.79 Å². The van der Waals surface area contributed by atoms with Crippen LogP contribution in [0.2, 0.25) is 0 Å². The molecule has 118 valence electrons. The van der Waals surface area contributed by atoms with Gasteiger partial charge in [-0.3, -0.25) is 4.79 Å². The Morgan fingerprint density at radius 2 is 2.43 bits per heavy atom. The number of amides is 1. The molecule has 7 heteroatoms. The summed E-state index contributed by atoms with van der Waals surface area (Å²) in [5.74, 6) is -0.00531. The molecule has 2 rings (SSSR count). The van der Waals surface area contributed by atoms with Crippen molar-refractivity contribution in [2.45, 2.75) is 19.1 Å². The van der Waals surface area contributed by atoms with Gasteiger partial charge in [0.15, 0.2) is 0 Å². The van der Waals surface area contributed by atoms with Crippen LogP contribution in [-0.4, -0.2) is 48.3 Å². The largest absolute Gasteiger partial charge is 0.392 e. The average Bonchev–Trinajstić information content (AvgIpc) is 2.93. The molecule has 1 aromatic rings. The third kappa shape index (κ3) is 5.41. The molecule has 5 nitrogen and oxygen atoms in total. The van der Waals surface area contributed by atoms with Crippen molar-refractivity contribution < 1.29 is 14.6 Å². The SMILES string of the molecule is Cl.NCCC1CN(C(=O)/C=C/c2cc(CO)cs2)CCO1. The van der Waals surface area contributed by atoms with Crippen LogP contribution in [-0.2, 0) is 16.1 Å². The Bertz CT molecular complexity index is 477. The number of carbonyl (C=O) groups excluding carboxylic acids is 1. The predicted octanol–water partition coefficient (Wildman–Crippen LogP) is 1.25. The van der Waals surface area contributed by atoms with Gasteiger partial charge in [0.25, 0.3) is 0 Å². The molecule has 1 atom stereocenters. The van der Waals surface area contributed by atoms with E-state index in [2.05, 4.69) is 0 Å². The van der Waals surface area contributed by atoms with E-state index < -0.39 is 0 Å². The quantitative estimate of drug-likeness (QED) is 0.796. The van der Waals surface area contributed by atoms with E-state index in [0.717, 1.165) is 16.9 Å². The molecule has 1 aliphatic heterocycles. The molecule has 0 spiro atoms. The molecule has 3 N–H and O–H groups in total. The van der Waals surface area contributed by atoms with Crippen molar-refractivity contribution in [1.29, 1.82) is 0 Å². The summed E-state index contributed by atoms with van der Waals surface area (Å²) < 4.78 is 5.56. The second kappa shape index (κ2) is 9.17. The van der Waals surface area contributed by atoms with Crippen molar-refractivity contribution in [3.05, 3.63) is 28.0 Å². The zero-order chi connectivity index (χ0) is 14.4. The molecular weight excluding hydrogens is 312 g/mol. The van der Waals surface area contributed by atoms with Crippen molar-refractivity contribution in [3.63, 3.8) is 0 Å². The summed E-state index contributed by atoms with van der Waals surface area (Å²) in [5.41, 5.74) is 6.39. The minimum Gasteiger partial charge on any atom is -0.392 e. The zero-order valence-corrected chi connectivity index (χ0v) is 13.4. The third-order valence-electron chi connectivity index (χ3n) is 3.19. The van der Waals surface area contributed by atoms with Crippen LogP contribution in [0.15, 0.2) is 17.5 Å². The Morgan fingerprint density at radius 3 is 3.10 bits per heavy atom. The molecule has 21 heavy (non-hydrogen) atoms. The van der Waals surface area contributed by atoms with E-state index in [-0.39, 0.29) is 31.0 Å². The van der Waals surface area contributed by atoms with Crippen LogP contribution in [0.3, 0.4) is 0 Å². The van der Waals surface area contributed by atoms with Crippen molar-refractivity contribution in [2.24, 2.45) is 5.73 Å². The van der Waals surface area contributed by atoms with Gasteiger partial charge in [-0.1, -0.05) is 0 Å². The molecule has 1 amide bonds. The van der Waals surface area contributed by atoms with Gasteiger partial charge in [0, 0.05) is 24.0 Å². The lowest BCUT2D eigenvalue weighted by molar-refractivity contribution is -0.133. The maximum Gasteiger partial charge on any atom is 0.246 e. The zero-order valence-electron chi connectivity index (χ0n) is 11.7. The fraction of sp³-hybridized carbons (Fsp3) is 0.500. The topological polar surface area (TPSA) is 75.8 Å². The first kappa shape index (κ1) is 18.1. The Morgan fingerprint density at radius 1 is 1.62 bits per heavy atom. The number of thiophene rings is 1. The number of nitrogens with zero attached hydrogens (tertiary/aromatic N) is 1. The summed E-state index contributed by atoms with van der Waals surface area (Å²) in [7, 11) is 0. The van der Waals surface area contributed by atoms with E-state index in [1.54, 1.807) is 17.1 Å². The van der Waals surface area contributed by atoms with Crippen LogP contribution in [0.25, 0.3) is 6.08 Å². The number of nitrogens with two attached hydrogens (primary N) is 1. The maximum atomic E-state index is 12.1. The van der Waals surface area contributed by atoms with Crippen LogP contribution in [0, 0.1) is 0 Å². The van der Waals surface area contributed by atoms with E-state index in [1.165, 1.54) is 11.3 Å². The summed E-state index contributed by atoms with van der Waals surface area (Å²) in [6, 6.07) is 1.88. The molecule has 0 bridgehead atoms. The van der Waals surface area contributed by atoms with Gasteiger partial charge in [0.05, 0.1) is 19.3 Å². The molecule has 1 aliphatic rings. The Labute approximate surface area is 134 Å². The van der Waals surface area contributed by atoms with E-state index >= 15 is 0 Å². The van der Waals surface area contributed by atoms with Crippen LogP contribution in [0.5, 0.6) is 0 Å². The molecule has 0 aliphatic carbocycles. The Balaban J connectivity index is 0.00000220. The smallest absolute Gasteiger partial charge is 0.246 e. The number of hydrogen-bond donors (Lipinski definition) is 2. The second-order valence-corrected chi connectivity index (χ2v) is 5.65. The van der Waals surface area contributed by atoms with Gasteiger partial charge in [-0.2, -0.15) is 0 Å². The highest BCUT2D eigenvalue weighted by Gasteiger charge is 2.22. The summed E-state index contributed by atoms with van der Waals surface area (Å²) in [6.45, 7) is 2.39. The monoisotopic (exact) mass is 332 g/mol. The first-order valence-corrected chi connectivity index (χ1v) is 7.58. The standard InChI is InChI=1S/C14H20N2O3S.ClH/c15-4-3-12-8-16(5-6-19-12)14(18)2-1-13-7-11(9-17)10-20-13;/h1-2,7,10,12,17H,3-6,8-9,15H2;1H/b2-1+;. The number of aliphatic hydroxyl groups is 1. The van der Waals surface area contributed by atoms with Gasteiger partial charge in [-0.15, -0.1) is 23.7 Å². The highest BCUT2D eigenvalue weighted by Crippen LogP contribution is 2.16. The predicted molar refractivity (Wildman–Crippen MR) is 86.5 cm³/mol. The fourth-order valence-corrected chi connectivity index (χ4v) is 2.90. The van der Waals surface area contributed by atoms with Crippen LogP contribution >= 0.6 is 23.7 Å². The van der Waals surface area contributed by atoms with Gasteiger partial charge in [-0.25, -0.2) is 0 Å². The molecule has 1 aromatic heterocycles. The maximum absolute atomic E-state index is 12.1. The lowest BCUT2D eigenvalue weighted by Crippen LogP contribution is -2.45. The van der Waals surface area contributed by atoms with Crippen LogP contribution in [0.1, 0.15) is 16.9 Å². The molecule has 0 saturated carbocycles. The molecule has 1 fully saturated rings. The van der Waals surface area contributed by atoms with Crippen molar-refractivity contribution >= 4 is 35.7 Å².